The number of hydrogen-bond donors (Lipinski definition) is 0. The molecule has 0 unspecified atom stereocenters. The van der Waals surface area contributed by atoms with Crippen LogP contribution >= 0.6 is 0 Å². The van der Waals surface area contributed by atoms with Crippen LogP contribution in [0.2, 0.25) is 0 Å². The van der Waals surface area contributed by atoms with E-state index in [1.807, 2.05) is 0 Å². The van der Waals surface area contributed by atoms with Crippen molar-refractivity contribution in [2.75, 3.05) is 0 Å². The Morgan fingerprint density at radius 3 is 1.60 bits per heavy atom. The van der Waals surface area contributed by atoms with Gasteiger partial charge in [-0.1, -0.05) is 38.4 Å². The van der Waals surface area contributed by atoms with E-state index >= 15 is 0 Å². The predicted molar refractivity (Wildman–Crippen MR) is 148 cm³/mol. The average molecular weight is 545 g/mol. The second kappa shape index (κ2) is 13.5. The normalized spacial score (nSPS) is 10.3. The zero-order valence-corrected chi connectivity index (χ0v) is 22.6. The topological polar surface area (TPSA) is 122 Å². The van der Waals surface area contributed by atoms with Crippen molar-refractivity contribution in [2.45, 2.75) is 27.7 Å². The summed E-state index contributed by atoms with van der Waals surface area (Å²) >= 11 is 0. The lowest BCUT2D eigenvalue weighted by Gasteiger charge is -2.13. The van der Waals surface area contributed by atoms with Crippen molar-refractivity contribution in [2.24, 2.45) is 0 Å². The van der Waals surface area contributed by atoms with Crippen molar-refractivity contribution in [1.82, 2.24) is 0 Å². The first-order chi connectivity index (χ1) is 18.7. The molecule has 9 heteroatoms. The summed E-state index contributed by atoms with van der Waals surface area (Å²) in [7, 11) is 0. The van der Waals surface area contributed by atoms with E-state index in [9.17, 15) is 24.0 Å². The third-order valence-corrected chi connectivity index (χ3v) is 4.85. The smallest absolute Gasteiger partial charge is 0.338 e. The Hall–Kier alpha value is -5.31. The summed E-state index contributed by atoms with van der Waals surface area (Å²) in [6.07, 6.45) is 2.51. The highest BCUT2D eigenvalue weighted by atomic mass is 16.6. The number of hydrogen-bond acceptors (Lipinski definition) is 9. The van der Waals surface area contributed by atoms with Crippen LogP contribution in [0.4, 0.5) is 0 Å². The minimum atomic E-state index is -0.794. The largest absolute Gasteiger partial charge is 0.419 e. The highest BCUT2D eigenvalue weighted by Gasteiger charge is 2.19. The fourth-order valence-corrected chi connectivity index (χ4v) is 2.68. The van der Waals surface area contributed by atoms with Crippen molar-refractivity contribution in [3.8, 4) is 23.0 Å². The van der Waals surface area contributed by atoms with Crippen molar-refractivity contribution in [1.29, 1.82) is 0 Å². The molecule has 0 fully saturated rings. The van der Waals surface area contributed by atoms with E-state index in [2.05, 4.69) is 26.3 Å². The molecule has 206 valence electrons. The van der Waals surface area contributed by atoms with E-state index in [0.29, 0.717) is 0 Å². The maximum atomic E-state index is 13.0. The van der Waals surface area contributed by atoms with Gasteiger partial charge in [0, 0.05) is 33.4 Å². The highest BCUT2D eigenvalue weighted by molar-refractivity contribution is 6.07. The number of rotatable bonds is 11. The zero-order valence-electron chi connectivity index (χ0n) is 22.6. The standard InChI is InChI=1S/C31H28O9/c1-17(2)28(33)37-24-15-13-22(16-26(24)39-30(35)19(5)6)23(32)14-12-21-10-9-11-25(38-29(34)18(3)4)27(21)40-31(36)20(7)8/h9-16H,1,3,5,7H2,2,4,6,8H3/b14-12+. The Balaban J connectivity index is 2.49. The van der Waals surface area contributed by atoms with Crippen LogP contribution in [0.15, 0.2) is 91.1 Å². The van der Waals surface area contributed by atoms with E-state index in [1.165, 1.54) is 70.2 Å². The monoisotopic (exact) mass is 544 g/mol. The molecule has 0 N–H and O–H groups in total. The molecule has 0 aliphatic rings. The maximum absolute atomic E-state index is 13.0. The molecule has 0 radical (unpaired) electrons. The minimum Gasteiger partial charge on any atom is -0.419 e. The molecule has 40 heavy (non-hydrogen) atoms. The van der Waals surface area contributed by atoms with Crippen LogP contribution in [0.25, 0.3) is 6.08 Å². The van der Waals surface area contributed by atoms with E-state index in [-0.39, 0.29) is 56.4 Å². The molecule has 0 aliphatic carbocycles. The molecule has 2 aromatic carbocycles. The molecule has 0 saturated carbocycles. The molecule has 0 amide bonds. The van der Waals surface area contributed by atoms with Gasteiger partial charge >= 0.3 is 23.9 Å². The van der Waals surface area contributed by atoms with Gasteiger partial charge in [-0.25, -0.2) is 19.2 Å². The first-order valence-electron chi connectivity index (χ1n) is 11.7. The van der Waals surface area contributed by atoms with Gasteiger partial charge in [0.15, 0.2) is 28.8 Å². The molecule has 0 atom stereocenters. The van der Waals surface area contributed by atoms with Gasteiger partial charge in [-0.15, -0.1) is 0 Å². The summed E-state index contributed by atoms with van der Waals surface area (Å²) in [5, 5.41) is 0. The Kier molecular flexibility index (Phi) is 10.4. The summed E-state index contributed by atoms with van der Waals surface area (Å²) < 4.78 is 21.1. The SMILES string of the molecule is C=C(C)C(=O)Oc1ccc(C(=O)/C=C/c2cccc(OC(=O)C(=C)C)c2OC(=O)C(=C)C)cc1OC(=O)C(=C)C. The lowest BCUT2D eigenvalue weighted by Crippen LogP contribution is -2.13. The van der Waals surface area contributed by atoms with E-state index < -0.39 is 29.7 Å². The van der Waals surface area contributed by atoms with Gasteiger partial charge in [0.05, 0.1) is 0 Å². The fraction of sp³-hybridized carbons (Fsp3) is 0.129. The van der Waals surface area contributed by atoms with Gasteiger partial charge in [-0.2, -0.15) is 0 Å². The van der Waals surface area contributed by atoms with E-state index in [0.717, 1.165) is 6.08 Å². The van der Waals surface area contributed by atoms with Crippen LogP contribution in [0.3, 0.4) is 0 Å². The maximum Gasteiger partial charge on any atom is 0.338 e. The molecule has 0 heterocycles. The third kappa shape index (κ3) is 8.35. The van der Waals surface area contributed by atoms with Crippen molar-refractivity contribution < 1.29 is 42.9 Å². The lowest BCUT2D eigenvalue weighted by atomic mass is 10.1. The Morgan fingerprint density at radius 2 is 1.07 bits per heavy atom. The highest BCUT2D eigenvalue weighted by Crippen LogP contribution is 2.34. The molecular formula is C31H28O9. The molecule has 0 spiro atoms. The molecule has 2 aromatic rings. The van der Waals surface area contributed by atoms with Crippen LogP contribution in [0.1, 0.15) is 43.6 Å². The number of esters is 4. The van der Waals surface area contributed by atoms with Gasteiger partial charge < -0.3 is 18.9 Å². The summed E-state index contributed by atoms with van der Waals surface area (Å²) in [5.41, 5.74) is 0.708. The van der Waals surface area contributed by atoms with Crippen LogP contribution in [0.5, 0.6) is 23.0 Å². The number of para-hydroxylation sites is 1. The lowest BCUT2D eigenvalue weighted by molar-refractivity contribution is -0.132. The third-order valence-electron chi connectivity index (χ3n) is 4.85. The first kappa shape index (κ1) is 30.9. The zero-order chi connectivity index (χ0) is 30.1. The van der Waals surface area contributed by atoms with Gasteiger partial charge in [0.1, 0.15) is 0 Å². The summed E-state index contributed by atoms with van der Waals surface area (Å²) in [6.45, 7) is 19.9. The number of benzene rings is 2. The van der Waals surface area contributed by atoms with E-state index in [1.54, 1.807) is 0 Å². The van der Waals surface area contributed by atoms with Crippen LogP contribution in [-0.2, 0) is 19.2 Å². The summed E-state index contributed by atoms with van der Waals surface area (Å²) in [4.78, 5) is 61.5. The molecule has 2 rings (SSSR count). The number of carbonyl (C=O) groups is 5. The Labute approximate surface area is 231 Å². The fourth-order valence-electron chi connectivity index (χ4n) is 2.68. The minimum absolute atomic E-state index is 0.0706. The molecule has 9 nitrogen and oxygen atoms in total. The predicted octanol–water partition coefficient (Wildman–Crippen LogP) is 5.51. The quantitative estimate of drug-likeness (QED) is 0.156. The van der Waals surface area contributed by atoms with Crippen LogP contribution in [-0.4, -0.2) is 29.7 Å². The van der Waals surface area contributed by atoms with Crippen molar-refractivity contribution >= 4 is 35.7 Å². The first-order valence-corrected chi connectivity index (χ1v) is 11.7. The van der Waals surface area contributed by atoms with Gasteiger partial charge in [0.2, 0.25) is 0 Å². The number of carbonyl (C=O) groups excluding carboxylic acids is 5. The molecule has 0 bridgehead atoms. The number of ether oxygens (including phenoxy) is 4. The average Bonchev–Trinajstić information content (AvgIpc) is 2.88. The van der Waals surface area contributed by atoms with Crippen molar-refractivity contribution in [3.05, 3.63) is 102 Å². The van der Waals surface area contributed by atoms with Gasteiger partial charge in [-0.3, -0.25) is 4.79 Å². The number of allylic oxidation sites excluding steroid dienone is 1. The second-order valence-electron chi connectivity index (χ2n) is 8.71. The van der Waals surface area contributed by atoms with Gasteiger partial charge in [-0.05, 0) is 64.1 Å². The van der Waals surface area contributed by atoms with Gasteiger partial charge in [0.25, 0.3) is 0 Å². The number of ketones is 1. The van der Waals surface area contributed by atoms with Crippen LogP contribution in [0, 0.1) is 0 Å². The Bertz CT molecular complexity index is 1490. The molecule has 0 aromatic heterocycles. The van der Waals surface area contributed by atoms with E-state index in [4.69, 9.17) is 18.9 Å². The van der Waals surface area contributed by atoms with Crippen LogP contribution < -0.4 is 18.9 Å². The molecule has 0 saturated heterocycles. The summed E-state index contributed by atoms with van der Waals surface area (Å²) in [5.74, 6) is -4.10. The second-order valence-corrected chi connectivity index (χ2v) is 8.71. The molecule has 0 aliphatic heterocycles. The Morgan fingerprint density at radius 1 is 0.600 bits per heavy atom. The van der Waals surface area contributed by atoms with Crippen molar-refractivity contribution in [3.63, 3.8) is 0 Å². The molecular weight excluding hydrogens is 516 g/mol. The summed E-state index contributed by atoms with van der Waals surface area (Å²) in [6, 6.07) is 8.35.